The highest BCUT2D eigenvalue weighted by atomic mass is 19.1. The molecule has 0 radical (unpaired) electrons. The van der Waals surface area contributed by atoms with Gasteiger partial charge in [0.1, 0.15) is 11.6 Å². The Morgan fingerprint density at radius 3 is 2.50 bits per heavy atom. The zero-order chi connectivity index (χ0) is 15.1. The Morgan fingerprint density at radius 2 is 1.95 bits per heavy atom. The molecule has 20 heavy (non-hydrogen) atoms. The smallest absolute Gasteiger partial charge is 0.237 e. The number of nitrogens with one attached hydrogen (secondary N) is 1. The van der Waals surface area contributed by atoms with Gasteiger partial charge in [-0.1, -0.05) is 25.8 Å². The van der Waals surface area contributed by atoms with Gasteiger partial charge >= 0.3 is 0 Å². The second-order valence-electron chi connectivity index (χ2n) is 5.06. The molecule has 1 rings (SSSR count). The monoisotopic (exact) mass is 284 g/mol. The summed E-state index contributed by atoms with van der Waals surface area (Å²) in [7, 11) is 0. The first-order valence-electron chi connectivity index (χ1n) is 6.94. The van der Waals surface area contributed by atoms with Crippen molar-refractivity contribution in [2.75, 3.05) is 0 Å². The van der Waals surface area contributed by atoms with Gasteiger partial charge in [-0.25, -0.2) is 8.78 Å². The van der Waals surface area contributed by atoms with E-state index in [0.717, 1.165) is 12.8 Å². The largest absolute Gasteiger partial charge is 0.352 e. The highest BCUT2D eigenvalue weighted by molar-refractivity contribution is 5.81. The molecule has 2 atom stereocenters. The van der Waals surface area contributed by atoms with Crippen LogP contribution < -0.4 is 11.1 Å². The number of amides is 1. The van der Waals surface area contributed by atoms with E-state index in [2.05, 4.69) is 5.32 Å². The van der Waals surface area contributed by atoms with Gasteiger partial charge in [-0.3, -0.25) is 4.79 Å². The molecule has 0 aromatic heterocycles. The SMILES string of the molecule is CCCC[C@H](N)C(=O)NC(C)Cc1c(F)cccc1F. The van der Waals surface area contributed by atoms with E-state index in [4.69, 9.17) is 5.73 Å². The van der Waals surface area contributed by atoms with Crippen LogP contribution in [0.15, 0.2) is 18.2 Å². The molecule has 0 aliphatic heterocycles. The van der Waals surface area contributed by atoms with Crippen molar-refractivity contribution in [2.45, 2.75) is 51.6 Å². The van der Waals surface area contributed by atoms with Crippen LogP contribution >= 0.6 is 0 Å². The standard InChI is InChI=1S/C15H22F2N2O/c1-3-4-8-14(18)15(20)19-10(2)9-11-12(16)6-5-7-13(11)17/h5-7,10,14H,3-4,8-9,18H2,1-2H3,(H,19,20)/t10?,14-/m0/s1. The van der Waals surface area contributed by atoms with Gasteiger partial charge in [0, 0.05) is 11.6 Å². The molecule has 0 saturated heterocycles. The number of benzene rings is 1. The number of hydrogen-bond acceptors (Lipinski definition) is 2. The molecule has 1 unspecified atom stereocenters. The van der Waals surface area contributed by atoms with Crippen LogP contribution in [0.1, 0.15) is 38.7 Å². The maximum absolute atomic E-state index is 13.5. The average molecular weight is 284 g/mol. The first-order chi connectivity index (χ1) is 9.45. The van der Waals surface area contributed by atoms with E-state index in [1.807, 2.05) is 6.92 Å². The van der Waals surface area contributed by atoms with Crippen LogP contribution in [0.4, 0.5) is 8.78 Å². The summed E-state index contributed by atoms with van der Waals surface area (Å²) in [4.78, 5) is 11.8. The lowest BCUT2D eigenvalue weighted by molar-refractivity contribution is -0.123. The average Bonchev–Trinajstić information content (AvgIpc) is 2.40. The lowest BCUT2D eigenvalue weighted by Gasteiger charge is -2.18. The highest BCUT2D eigenvalue weighted by Gasteiger charge is 2.17. The van der Waals surface area contributed by atoms with Gasteiger partial charge in [0.15, 0.2) is 0 Å². The number of carbonyl (C=O) groups is 1. The van der Waals surface area contributed by atoms with Gasteiger partial charge in [-0.15, -0.1) is 0 Å². The molecular formula is C15H22F2N2O. The zero-order valence-electron chi connectivity index (χ0n) is 12.0. The maximum Gasteiger partial charge on any atom is 0.237 e. The first-order valence-corrected chi connectivity index (χ1v) is 6.94. The van der Waals surface area contributed by atoms with Crippen molar-refractivity contribution in [3.8, 4) is 0 Å². The summed E-state index contributed by atoms with van der Waals surface area (Å²) in [6, 6.07) is 2.79. The number of unbranched alkanes of at least 4 members (excludes halogenated alkanes) is 1. The lowest BCUT2D eigenvalue weighted by Crippen LogP contribution is -2.45. The number of hydrogen-bond donors (Lipinski definition) is 2. The number of rotatable bonds is 7. The predicted molar refractivity (Wildman–Crippen MR) is 75.2 cm³/mol. The zero-order valence-corrected chi connectivity index (χ0v) is 12.0. The van der Waals surface area contributed by atoms with Crippen LogP contribution in [0.2, 0.25) is 0 Å². The van der Waals surface area contributed by atoms with Gasteiger partial charge < -0.3 is 11.1 Å². The van der Waals surface area contributed by atoms with Crippen molar-refractivity contribution in [1.29, 1.82) is 0 Å². The fourth-order valence-corrected chi connectivity index (χ4v) is 1.99. The van der Waals surface area contributed by atoms with Gasteiger partial charge in [0.05, 0.1) is 6.04 Å². The van der Waals surface area contributed by atoms with Gasteiger partial charge in [0.2, 0.25) is 5.91 Å². The third kappa shape index (κ3) is 4.89. The Bertz CT molecular complexity index is 431. The Labute approximate surface area is 118 Å². The van der Waals surface area contributed by atoms with Crippen molar-refractivity contribution in [1.82, 2.24) is 5.32 Å². The summed E-state index contributed by atoms with van der Waals surface area (Å²) in [5.74, 6) is -1.47. The Kier molecular flexibility index (Phi) is 6.58. The van der Waals surface area contributed by atoms with E-state index in [0.29, 0.717) is 6.42 Å². The molecule has 1 aromatic rings. The van der Waals surface area contributed by atoms with Crippen LogP contribution in [-0.2, 0) is 11.2 Å². The number of nitrogens with two attached hydrogens (primary N) is 1. The van der Waals surface area contributed by atoms with Gasteiger partial charge in [0.25, 0.3) is 0 Å². The molecule has 0 aliphatic carbocycles. The Balaban J connectivity index is 2.55. The first kappa shape index (κ1) is 16.6. The number of carbonyl (C=O) groups excluding carboxylic acids is 1. The molecule has 0 bridgehead atoms. The minimum Gasteiger partial charge on any atom is -0.352 e. The fraction of sp³-hybridized carbons (Fsp3) is 0.533. The van der Waals surface area contributed by atoms with E-state index in [9.17, 15) is 13.6 Å². The molecule has 0 spiro atoms. The molecule has 3 nitrogen and oxygen atoms in total. The van der Waals surface area contributed by atoms with Gasteiger partial charge in [-0.05, 0) is 31.9 Å². The van der Waals surface area contributed by atoms with Crippen molar-refractivity contribution in [2.24, 2.45) is 5.73 Å². The van der Waals surface area contributed by atoms with E-state index in [-0.39, 0.29) is 23.9 Å². The summed E-state index contributed by atoms with van der Waals surface area (Å²) in [6.07, 6.45) is 2.57. The minimum atomic E-state index is -0.596. The normalized spacial score (nSPS) is 13.8. The van der Waals surface area contributed by atoms with E-state index in [1.54, 1.807) is 6.92 Å². The second kappa shape index (κ2) is 7.94. The molecule has 0 heterocycles. The summed E-state index contributed by atoms with van der Waals surface area (Å²) in [6.45, 7) is 3.73. The van der Waals surface area contributed by atoms with Crippen LogP contribution in [-0.4, -0.2) is 18.0 Å². The Hall–Kier alpha value is -1.49. The minimum absolute atomic E-state index is 0.0116. The van der Waals surface area contributed by atoms with Crippen molar-refractivity contribution in [3.63, 3.8) is 0 Å². The van der Waals surface area contributed by atoms with Crippen LogP contribution in [0.5, 0.6) is 0 Å². The molecular weight excluding hydrogens is 262 g/mol. The summed E-state index contributed by atoms with van der Waals surface area (Å²) >= 11 is 0. The Morgan fingerprint density at radius 1 is 1.35 bits per heavy atom. The molecule has 3 N–H and O–H groups in total. The quantitative estimate of drug-likeness (QED) is 0.808. The molecule has 0 aliphatic rings. The summed E-state index contributed by atoms with van der Waals surface area (Å²) in [5.41, 5.74) is 5.73. The third-order valence-electron chi connectivity index (χ3n) is 3.17. The summed E-state index contributed by atoms with van der Waals surface area (Å²) < 4.78 is 27.0. The van der Waals surface area contributed by atoms with E-state index >= 15 is 0 Å². The van der Waals surface area contributed by atoms with Gasteiger partial charge in [-0.2, -0.15) is 0 Å². The molecule has 112 valence electrons. The van der Waals surface area contributed by atoms with E-state index < -0.39 is 17.7 Å². The summed E-state index contributed by atoms with van der Waals surface area (Å²) in [5, 5.41) is 2.69. The predicted octanol–water partition coefficient (Wildman–Crippen LogP) is 2.53. The number of halogens is 2. The molecule has 1 aromatic carbocycles. The van der Waals surface area contributed by atoms with Crippen molar-refractivity contribution in [3.05, 3.63) is 35.4 Å². The molecule has 5 heteroatoms. The molecule has 1 amide bonds. The van der Waals surface area contributed by atoms with Crippen LogP contribution in [0, 0.1) is 11.6 Å². The van der Waals surface area contributed by atoms with E-state index in [1.165, 1.54) is 18.2 Å². The van der Waals surface area contributed by atoms with Crippen LogP contribution in [0.3, 0.4) is 0 Å². The van der Waals surface area contributed by atoms with Crippen molar-refractivity contribution < 1.29 is 13.6 Å². The third-order valence-corrected chi connectivity index (χ3v) is 3.17. The van der Waals surface area contributed by atoms with Crippen LogP contribution in [0.25, 0.3) is 0 Å². The topological polar surface area (TPSA) is 55.1 Å². The second-order valence-corrected chi connectivity index (χ2v) is 5.06. The lowest BCUT2D eigenvalue weighted by atomic mass is 10.0. The maximum atomic E-state index is 13.5. The fourth-order valence-electron chi connectivity index (χ4n) is 1.99. The molecule has 0 fully saturated rings. The van der Waals surface area contributed by atoms with Crippen molar-refractivity contribution >= 4 is 5.91 Å². The highest BCUT2D eigenvalue weighted by Crippen LogP contribution is 2.14. The molecule has 0 saturated carbocycles.